The summed E-state index contributed by atoms with van der Waals surface area (Å²) in [5, 5.41) is 15.6. The fourth-order valence-corrected chi connectivity index (χ4v) is 3.26. The van der Waals surface area contributed by atoms with Gasteiger partial charge >= 0.3 is 0 Å². The van der Waals surface area contributed by atoms with E-state index in [0.29, 0.717) is 35.0 Å². The highest BCUT2D eigenvalue weighted by atomic mass is 19.2. The van der Waals surface area contributed by atoms with Gasteiger partial charge in [-0.3, -0.25) is 9.59 Å². The Morgan fingerprint density at radius 2 is 1.93 bits per heavy atom. The van der Waals surface area contributed by atoms with Crippen LogP contribution in [-0.4, -0.2) is 28.0 Å². The van der Waals surface area contributed by atoms with E-state index >= 15 is 0 Å². The minimum atomic E-state index is -1.63. The van der Waals surface area contributed by atoms with Gasteiger partial charge in [0, 0.05) is 35.3 Å². The number of Topliss-reactive ketones (excluding diaryl/α,β-unsaturated/α-hetero) is 1. The Hall–Kier alpha value is -3.26. The van der Waals surface area contributed by atoms with Crippen molar-refractivity contribution in [2.24, 2.45) is 0 Å². The third-order valence-corrected chi connectivity index (χ3v) is 4.60. The quantitative estimate of drug-likeness (QED) is 0.531. The van der Waals surface area contributed by atoms with Crippen LogP contribution < -0.4 is 10.6 Å². The molecule has 1 amide bonds. The lowest BCUT2D eigenvalue weighted by atomic mass is 10.1. The van der Waals surface area contributed by atoms with Crippen LogP contribution >= 0.6 is 0 Å². The van der Waals surface area contributed by atoms with Gasteiger partial charge < -0.3 is 20.7 Å². The number of halogens is 2. The lowest BCUT2D eigenvalue weighted by Crippen LogP contribution is -2.34. The van der Waals surface area contributed by atoms with E-state index in [1.165, 1.54) is 6.20 Å². The first-order valence-electron chi connectivity index (χ1n) is 8.30. The molecule has 0 fully saturated rings. The zero-order valence-corrected chi connectivity index (χ0v) is 14.0. The maximum absolute atomic E-state index is 13.5. The number of aromatic nitrogens is 1. The molecule has 2 aromatic carbocycles. The van der Waals surface area contributed by atoms with E-state index in [4.69, 9.17) is 0 Å². The molecule has 4 N–H and O–H groups in total. The zero-order valence-electron chi connectivity index (χ0n) is 14.0. The topological polar surface area (TPSA) is 94.2 Å². The smallest absolute Gasteiger partial charge is 0.274 e. The molecule has 6 nitrogen and oxygen atoms in total. The highest BCUT2D eigenvalue weighted by Gasteiger charge is 2.24. The fraction of sp³-hybridized carbons (Fsp3) is 0.158. The van der Waals surface area contributed by atoms with Gasteiger partial charge in [-0.25, -0.2) is 8.78 Å². The molecule has 0 spiro atoms. The molecular formula is C19H15F2N3O3. The van der Waals surface area contributed by atoms with Gasteiger partial charge in [0.2, 0.25) is 6.23 Å². The van der Waals surface area contributed by atoms with Crippen molar-refractivity contribution in [2.45, 2.75) is 19.1 Å². The number of hydrogen-bond acceptors (Lipinski definition) is 4. The molecule has 4 rings (SSSR count). The number of carbonyl (C=O) groups is 2. The van der Waals surface area contributed by atoms with Crippen LogP contribution in [0.2, 0.25) is 0 Å². The number of ketones is 1. The number of hydrogen-bond donors (Lipinski definition) is 4. The maximum Gasteiger partial charge on any atom is 0.274 e. The van der Waals surface area contributed by atoms with Crippen LogP contribution in [0.5, 0.6) is 0 Å². The summed E-state index contributed by atoms with van der Waals surface area (Å²) in [7, 11) is 0. The molecule has 3 aromatic rings. The minimum absolute atomic E-state index is 0.0211. The summed E-state index contributed by atoms with van der Waals surface area (Å²) in [6, 6.07) is 6.99. The third-order valence-electron chi connectivity index (χ3n) is 4.60. The number of anilines is 2. The molecule has 1 heterocycles. The van der Waals surface area contributed by atoms with Crippen LogP contribution in [0, 0.1) is 11.6 Å². The van der Waals surface area contributed by atoms with E-state index in [-0.39, 0.29) is 11.5 Å². The number of benzene rings is 2. The Kier molecular flexibility index (Phi) is 4.12. The van der Waals surface area contributed by atoms with Crippen molar-refractivity contribution in [1.29, 1.82) is 0 Å². The van der Waals surface area contributed by atoms with Gasteiger partial charge in [-0.15, -0.1) is 0 Å². The number of carbonyl (C=O) groups excluding carboxylic acids is 2. The summed E-state index contributed by atoms with van der Waals surface area (Å²) in [6.45, 7) is 0. The Morgan fingerprint density at radius 1 is 1.15 bits per heavy atom. The molecule has 138 valence electrons. The highest BCUT2D eigenvalue weighted by Crippen LogP contribution is 2.29. The van der Waals surface area contributed by atoms with E-state index in [0.717, 1.165) is 17.7 Å². The van der Waals surface area contributed by atoms with E-state index in [9.17, 15) is 23.5 Å². The maximum atomic E-state index is 13.5. The summed E-state index contributed by atoms with van der Waals surface area (Å²) in [5.41, 5.74) is 2.36. The van der Waals surface area contributed by atoms with Crippen LogP contribution in [0.3, 0.4) is 0 Å². The van der Waals surface area contributed by atoms with E-state index in [2.05, 4.69) is 15.6 Å². The standard InChI is InChI=1S/C19H15F2N3O3/c20-12-6-11-15(7-13(12)21)22-8-16(11)24-19(27)18(26)23-14-3-1-2-10-9(14)4-5-17(10)25/h1-3,6-8,19,22,24,27H,4-5H2,(H,23,26). The Labute approximate surface area is 152 Å². The van der Waals surface area contributed by atoms with Crippen molar-refractivity contribution in [3.63, 3.8) is 0 Å². The van der Waals surface area contributed by atoms with Gasteiger partial charge in [-0.1, -0.05) is 12.1 Å². The average Bonchev–Trinajstić information content (AvgIpc) is 3.20. The number of rotatable bonds is 4. The SMILES string of the molecule is O=C1CCc2c(NC(=O)C(O)Nc3c[nH]c4cc(F)c(F)cc34)cccc21. The van der Waals surface area contributed by atoms with Gasteiger partial charge in [-0.05, 0) is 24.1 Å². The molecule has 1 aromatic heterocycles. The lowest BCUT2D eigenvalue weighted by molar-refractivity contribution is -0.122. The first kappa shape index (κ1) is 17.2. The summed E-state index contributed by atoms with van der Waals surface area (Å²) < 4.78 is 26.7. The minimum Gasteiger partial charge on any atom is -0.366 e. The van der Waals surface area contributed by atoms with Crippen molar-refractivity contribution in [3.8, 4) is 0 Å². The van der Waals surface area contributed by atoms with E-state index in [1.54, 1.807) is 18.2 Å². The van der Waals surface area contributed by atoms with Gasteiger partial charge in [0.05, 0.1) is 11.2 Å². The lowest BCUT2D eigenvalue weighted by Gasteiger charge is -2.15. The van der Waals surface area contributed by atoms with Crippen molar-refractivity contribution < 1.29 is 23.5 Å². The largest absolute Gasteiger partial charge is 0.366 e. The molecule has 1 aliphatic rings. The van der Waals surface area contributed by atoms with Crippen molar-refractivity contribution in [3.05, 3.63) is 59.3 Å². The summed E-state index contributed by atoms with van der Waals surface area (Å²) in [5.74, 6) is -2.75. The van der Waals surface area contributed by atoms with Gasteiger partial charge in [0.25, 0.3) is 5.91 Å². The van der Waals surface area contributed by atoms with Crippen molar-refractivity contribution in [2.75, 3.05) is 10.6 Å². The van der Waals surface area contributed by atoms with E-state index in [1.807, 2.05) is 0 Å². The fourth-order valence-electron chi connectivity index (χ4n) is 3.26. The molecule has 0 bridgehead atoms. The number of H-pyrrole nitrogens is 1. The summed E-state index contributed by atoms with van der Waals surface area (Å²) in [4.78, 5) is 26.9. The van der Waals surface area contributed by atoms with Crippen LogP contribution in [0.4, 0.5) is 20.2 Å². The Morgan fingerprint density at radius 3 is 2.74 bits per heavy atom. The van der Waals surface area contributed by atoms with Gasteiger partial charge in [-0.2, -0.15) is 0 Å². The third kappa shape index (κ3) is 3.04. The van der Waals surface area contributed by atoms with Crippen molar-refractivity contribution >= 4 is 34.0 Å². The Balaban J connectivity index is 1.53. The predicted octanol–water partition coefficient (Wildman–Crippen LogP) is 2.94. The average molecular weight is 371 g/mol. The molecule has 1 aliphatic carbocycles. The molecule has 8 heteroatoms. The number of amides is 1. The first-order valence-corrected chi connectivity index (χ1v) is 8.30. The molecular weight excluding hydrogens is 356 g/mol. The molecule has 0 saturated heterocycles. The van der Waals surface area contributed by atoms with Crippen LogP contribution in [0.15, 0.2) is 36.5 Å². The number of aliphatic hydroxyl groups is 1. The number of nitrogens with one attached hydrogen (secondary N) is 3. The zero-order chi connectivity index (χ0) is 19.1. The Bertz CT molecular complexity index is 1080. The first-order chi connectivity index (χ1) is 12.9. The second-order valence-electron chi connectivity index (χ2n) is 6.31. The normalized spacial score (nSPS) is 14.3. The second-order valence-corrected chi connectivity index (χ2v) is 6.31. The predicted molar refractivity (Wildman–Crippen MR) is 95.6 cm³/mol. The van der Waals surface area contributed by atoms with Gasteiger partial charge in [0.15, 0.2) is 17.4 Å². The number of aromatic amines is 1. The second kappa shape index (κ2) is 6.48. The molecule has 0 radical (unpaired) electrons. The van der Waals surface area contributed by atoms with Crippen molar-refractivity contribution in [1.82, 2.24) is 4.98 Å². The summed E-state index contributed by atoms with van der Waals surface area (Å²) >= 11 is 0. The molecule has 1 unspecified atom stereocenters. The van der Waals surface area contributed by atoms with Gasteiger partial charge in [0.1, 0.15) is 0 Å². The number of aliphatic hydroxyl groups excluding tert-OH is 1. The molecule has 0 saturated carbocycles. The van der Waals surface area contributed by atoms with Crippen LogP contribution in [-0.2, 0) is 11.2 Å². The summed E-state index contributed by atoms with van der Waals surface area (Å²) in [6.07, 6.45) is 0.686. The van der Waals surface area contributed by atoms with E-state index < -0.39 is 23.8 Å². The molecule has 0 aliphatic heterocycles. The molecule has 1 atom stereocenters. The number of fused-ring (bicyclic) bond motifs is 2. The highest BCUT2D eigenvalue weighted by molar-refractivity contribution is 6.04. The molecule has 27 heavy (non-hydrogen) atoms. The monoisotopic (exact) mass is 371 g/mol. The van der Waals surface area contributed by atoms with Crippen LogP contribution in [0.25, 0.3) is 10.9 Å². The van der Waals surface area contributed by atoms with Crippen LogP contribution in [0.1, 0.15) is 22.3 Å².